The molecule has 2 aromatic heterocycles. The van der Waals surface area contributed by atoms with Gasteiger partial charge in [-0.05, 0) is 50.5 Å². The maximum absolute atomic E-state index is 12.9. The number of benzene rings is 1. The Morgan fingerprint density at radius 1 is 1.39 bits per heavy atom. The van der Waals surface area contributed by atoms with E-state index in [1.807, 2.05) is 30.9 Å². The number of aliphatic hydroxyl groups is 1. The summed E-state index contributed by atoms with van der Waals surface area (Å²) in [6.07, 6.45) is 0.842. The van der Waals surface area contributed by atoms with Crippen molar-refractivity contribution >= 4 is 40.4 Å². The molecule has 6 nitrogen and oxygen atoms in total. The number of hydrogen-bond acceptors (Lipinski definition) is 6. The van der Waals surface area contributed by atoms with Crippen molar-refractivity contribution in [2.75, 3.05) is 7.11 Å². The highest BCUT2D eigenvalue weighted by Crippen LogP contribution is 2.26. The lowest BCUT2D eigenvalue weighted by Crippen LogP contribution is -2.18. The molecule has 1 atom stereocenters. The van der Waals surface area contributed by atoms with Crippen molar-refractivity contribution in [3.8, 4) is 5.75 Å². The number of thiazole rings is 1. The molecule has 1 amide bonds. The molecule has 1 aromatic carbocycles. The number of halogens is 1. The van der Waals surface area contributed by atoms with Gasteiger partial charge in [0.25, 0.3) is 5.91 Å². The smallest absolute Gasteiger partial charge is 0.282 e. The molecule has 2 heterocycles. The Morgan fingerprint density at radius 3 is 2.75 bits per heavy atom. The predicted octanol–water partition coefficient (Wildman–Crippen LogP) is 4.25. The van der Waals surface area contributed by atoms with Crippen LogP contribution in [-0.2, 0) is 5.54 Å². The second-order valence-electron chi connectivity index (χ2n) is 7.05. The van der Waals surface area contributed by atoms with Crippen molar-refractivity contribution in [2.45, 2.75) is 32.4 Å². The molecule has 3 rings (SSSR count). The normalized spacial score (nSPS) is 13.6. The summed E-state index contributed by atoms with van der Waals surface area (Å²) in [4.78, 5) is 21.3. The fourth-order valence-corrected chi connectivity index (χ4v) is 4.24. The number of aromatic nitrogens is 2. The Morgan fingerprint density at radius 2 is 2.14 bits per heavy atom. The number of ether oxygens (including phenoxy) is 1. The van der Waals surface area contributed by atoms with E-state index < -0.39 is 12.0 Å². The van der Waals surface area contributed by atoms with Crippen molar-refractivity contribution in [1.29, 1.82) is 0 Å². The van der Waals surface area contributed by atoms with Crippen LogP contribution in [-0.4, -0.2) is 27.1 Å². The van der Waals surface area contributed by atoms with Crippen LogP contribution >= 0.6 is 34.5 Å². The zero-order valence-electron chi connectivity index (χ0n) is 15.8. The second-order valence-corrected chi connectivity index (χ2v) is 9.17. The number of carbonyl (C=O) groups is 1. The van der Waals surface area contributed by atoms with Crippen molar-refractivity contribution in [1.82, 2.24) is 8.94 Å². The Kier molecular flexibility index (Phi) is 6.04. The molecule has 0 bridgehead atoms. The van der Waals surface area contributed by atoms with Gasteiger partial charge in [-0.25, -0.2) is 4.98 Å². The van der Waals surface area contributed by atoms with Gasteiger partial charge < -0.3 is 9.84 Å². The molecule has 1 N–H and O–H groups in total. The first-order valence-corrected chi connectivity index (χ1v) is 10.5. The van der Waals surface area contributed by atoms with Crippen LogP contribution in [0.2, 0.25) is 5.02 Å². The van der Waals surface area contributed by atoms with E-state index in [0.717, 1.165) is 0 Å². The van der Waals surface area contributed by atoms with Crippen LogP contribution in [0.1, 0.15) is 48.5 Å². The monoisotopic (exact) mass is 437 g/mol. The average molecular weight is 438 g/mol. The van der Waals surface area contributed by atoms with Gasteiger partial charge in [0, 0.05) is 27.7 Å². The van der Waals surface area contributed by atoms with E-state index in [-0.39, 0.29) is 11.1 Å². The first kappa shape index (κ1) is 20.7. The van der Waals surface area contributed by atoms with Gasteiger partial charge in [-0.2, -0.15) is 4.99 Å². The molecule has 1 unspecified atom stereocenters. The Balaban J connectivity index is 2.13. The summed E-state index contributed by atoms with van der Waals surface area (Å²) < 4.78 is 7.63. The first-order valence-electron chi connectivity index (χ1n) is 8.43. The van der Waals surface area contributed by atoms with Gasteiger partial charge in [-0.1, -0.05) is 11.6 Å². The molecule has 0 saturated carbocycles. The second kappa shape index (κ2) is 8.16. The predicted molar refractivity (Wildman–Crippen MR) is 111 cm³/mol. The number of methoxy groups -OCH3 is 1. The lowest BCUT2D eigenvalue weighted by Gasteiger charge is -2.19. The molecule has 9 heteroatoms. The van der Waals surface area contributed by atoms with Crippen molar-refractivity contribution in [3.05, 3.63) is 61.8 Å². The standard InChI is InChI=1S/C19H20ClN3O3S2/c1-19(2,3)23-8-13(16(24)14-9-27-10-21-14)18(28-23)22-17(25)12-7-11(20)5-6-15(12)26-4/h5-10,16,24H,1-4H3/b22-18-. The minimum atomic E-state index is -0.973. The van der Waals surface area contributed by atoms with Gasteiger partial charge in [0.05, 0.1) is 23.9 Å². The third kappa shape index (κ3) is 4.35. The fourth-order valence-electron chi connectivity index (χ4n) is 2.47. The van der Waals surface area contributed by atoms with Gasteiger partial charge in [-0.3, -0.25) is 8.75 Å². The maximum Gasteiger partial charge on any atom is 0.282 e. The Labute approximate surface area is 175 Å². The third-order valence-electron chi connectivity index (χ3n) is 3.97. The van der Waals surface area contributed by atoms with Crippen LogP contribution in [0.15, 0.2) is 40.3 Å². The highest BCUT2D eigenvalue weighted by atomic mass is 35.5. The Hall–Kier alpha value is -2.00. The Bertz CT molecular complexity index is 1050. The van der Waals surface area contributed by atoms with E-state index in [4.69, 9.17) is 16.3 Å². The van der Waals surface area contributed by atoms with Gasteiger partial charge in [-0.15, -0.1) is 11.3 Å². The van der Waals surface area contributed by atoms with Crippen LogP contribution < -0.4 is 9.41 Å². The molecule has 0 aliphatic carbocycles. The molecular formula is C19H20ClN3O3S2. The molecule has 0 fully saturated rings. The molecule has 0 saturated heterocycles. The number of nitrogens with zero attached hydrogens (tertiary/aromatic N) is 3. The highest BCUT2D eigenvalue weighted by Gasteiger charge is 2.23. The zero-order valence-corrected chi connectivity index (χ0v) is 18.2. The summed E-state index contributed by atoms with van der Waals surface area (Å²) in [6, 6.07) is 4.79. The topological polar surface area (TPSA) is 76.7 Å². The van der Waals surface area contributed by atoms with E-state index in [9.17, 15) is 9.90 Å². The molecule has 148 valence electrons. The molecule has 0 aliphatic rings. The summed E-state index contributed by atoms with van der Waals surface area (Å²) in [6.45, 7) is 6.11. The summed E-state index contributed by atoms with van der Waals surface area (Å²) >= 11 is 8.73. The molecule has 0 radical (unpaired) electrons. The average Bonchev–Trinajstić information content (AvgIpc) is 3.30. The number of amides is 1. The van der Waals surface area contributed by atoms with Crippen molar-refractivity contribution < 1.29 is 14.6 Å². The van der Waals surface area contributed by atoms with Crippen LogP contribution in [0.5, 0.6) is 5.75 Å². The molecule has 0 spiro atoms. The largest absolute Gasteiger partial charge is 0.496 e. The van der Waals surface area contributed by atoms with Gasteiger partial charge >= 0.3 is 0 Å². The number of hydrogen-bond donors (Lipinski definition) is 1. The SMILES string of the molecule is COc1ccc(Cl)cc1C(=O)/N=c1\sn(C(C)(C)C)cc1C(O)c1cscn1. The minimum Gasteiger partial charge on any atom is -0.496 e. The fraction of sp³-hybridized carbons (Fsp3) is 0.316. The lowest BCUT2D eigenvalue weighted by molar-refractivity contribution is 0.0995. The maximum atomic E-state index is 12.9. The van der Waals surface area contributed by atoms with Crippen molar-refractivity contribution in [2.24, 2.45) is 4.99 Å². The highest BCUT2D eigenvalue weighted by molar-refractivity contribution is 7.07. The quantitative estimate of drug-likeness (QED) is 0.662. The molecular weight excluding hydrogens is 418 g/mol. The van der Waals surface area contributed by atoms with Gasteiger partial charge in [0.2, 0.25) is 0 Å². The lowest BCUT2D eigenvalue weighted by atomic mass is 10.1. The molecule has 28 heavy (non-hydrogen) atoms. The minimum absolute atomic E-state index is 0.230. The number of carbonyl (C=O) groups excluding carboxylic acids is 1. The number of aliphatic hydroxyl groups excluding tert-OH is 1. The zero-order chi connectivity index (χ0) is 20.5. The van der Waals surface area contributed by atoms with Crippen LogP contribution in [0.25, 0.3) is 0 Å². The summed E-state index contributed by atoms with van der Waals surface area (Å²) in [7, 11) is 1.48. The number of rotatable bonds is 4. The first-order chi connectivity index (χ1) is 13.2. The summed E-state index contributed by atoms with van der Waals surface area (Å²) in [5.41, 5.74) is 2.74. The molecule has 0 aliphatic heterocycles. The van der Waals surface area contributed by atoms with Gasteiger partial charge in [0.1, 0.15) is 16.5 Å². The molecule has 3 aromatic rings. The van der Waals surface area contributed by atoms with E-state index in [1.165, 1.54) is 36.0 Å². The van der Waals surface area contributed by atoms with E-state index in [2.05, 4.69) is 9.98 Å². The van der Waals surface area contributed by atoms with Crippen LogP contribution in [0.4, 0.5) is 0 Å². The summed E-state index contributed by atoms with van der Waals surface area (Å²) in [5, 5.41) is 13.0. The van der Waals surface area contributed by atoms with Crippen molar-refractivity contribution in [3.63, 3.8) is 0 Å². The summed E-state index contributed by atoms with van der Waals surface area (Å²) in [5.74, 6) is -0.103. The van der Waals surface area contributed by atoms with Crippen LogP contribution in [0.3, 0.4) is 0 Å². The van der Waals surface area contributed by atoms with Gasteiger partial charge in [0.15, 0.2) is 0 Å². The van der Waals surface area contributed by atoms with E-state index in [1.54, 1.807) is 23.0 Å². The third-order valence-corrected chi connectivity index (χ3v) is 6.16. The van der Waals surface area contributed by atoms with E-state index in [0.29, 0.717) is 26.7 Å². The van der Waals surface area contributed by atoms with Crippen LogP contribution in [0, 0.1) is 0 Å². The van der Waals surface area contributed by atoms with E-state index >= 15 is 0 Å².